The Morgan fingerprint density at radius 2 is 2.00 bits per heavy atom. The molecule has 0 saturated carbocycles. The van der Waals surface area contributed by atoms with Crippen LogP contribution in [0, 0.1) is 0 Å². The lowest BCUT2D eigenvalue weighted by molar-refractivity contribution is 0.0677. The highest BCUT2D eigenvalue weighted by molar-refractivity contribution is 7.80. The Morgan fingerprint density at radius 1 is 1.26 bits per heavy atom. The lowest BCUT2D eigenvalue weighted by Crippen LogP contribution is -2.44. The third kappa shape index (κ3) is 4.81. The Labute approximate surface area is 118 Å². The minimum absolute atomic E-state index is 0.646. The number of allylic oxidation sites excluding steroid dienone is 1. The molecule has 1 heterocycles. The summed E-state index contributed by atoms with van der Waals surface area (Å²) < 4.78 is 5.26. The molecular weight excluding hydrogens is 258 g/mol. The molecule has 0 spiro atoms. The van der Waals surface area contributed by atoms with Crippen molar-refractivity contribution in [1.29, 1.82) is 0 Å². The van der Waals surface area contributed by atoms with Gasteiger partial charge in [-0.2, -0.15) is 5.10 Å². The summed E-state index contributed by atoms with van der Waals surface area (Å²) in [6, 6.07) is 10.1. The van der Waals surface area contributed by atoms with Crippen LogP contribution in [0.5, 0.6) is 0 Å². The van der Waals surface area contributed by atoms with Gasteiger partial charge in [-0.05, 0) is 23.9 Å². The van der Waals surface area contributed by atoms with Crippen LogP contribution in [-0.2, 0) is 4.74 Å². The van der Waals surface area contributed by atoms with Gasteiger partial charge in [-0.3, -0.25) is 5.43 Å². The van der Waals surface area contributed by atoms with E-state index < -0.39 is 0 Å². The van der Waals surface area contributed by atoms with E-state index in [9.17, 15) is 0 Å². The number of rotatable bonds is 3. The van der Waals surface area contributed by atoms with E-state index in [4.69, 9.17) is 17.0 Å². The molecule has 19 heavy (non-hydrogen) atoms. The van der Waals surface area contributed by atoms with Gasteiger partial charge in [0.1, 0.15) is 0 Å². The average Bonchev–Trinajstić information content (AvgIpc) is 2.49. The zero-order chi connectivity index (χ0) is 13.3. The van der Waals surface area contributed by atoms with Gasteiger partial charge in [-0.25, -0.2) is 0 Å². The van der Waals surface area contributed by atoms with E-state index in [2.05, 4.69) is 15.4 Å². The van der Waals surface area contributed by atoms with Crippen LogP contribution in [0.15, 0.2) is 41.5 Å². The van der Waals surface area contributed by atoms with Gasteiger partial charge in [0.25, 0.3) is 0 Å². The average molecular weight is 275 g/mol. The fourth-order valence-electron chi connectivity index (χ4n) is 1.69. The van der Waals surface area contributed by atoms with Crippen molar-refractivity contribution in [2.24, 2.45) is 5.10 Å². The van der Waals surface area contributed by atoms with Crippen LogP contribution in [0.1, 0.15) is 5.56 Å². The number of nitrogens with zero attached hydrogens (tertiary/aromatic N) is 2. The summed E-state index contributed by atoms with van der Waals surface area (Å²) in [4.78, 5) is 2.05. The summed E-state index contributed by atoms with van der Waals surface area (Å²) in [5.41, 5.74) is 4.00. The standard InChI is InChI=1S/C14H17N3OS/c19-14(17-9-11-18-12-10-17)16-15-8-4-7-13-5-2-1-3-6-13/h1-8H,9-12H2,(H,16,19)/b7-4+,15-8+. The fraction of sp³-hybridized carbons (Fsp3) is 0.286. The van der Waals surface area contributed by atoms with Crippen LogP contribution in [-0.4, -0.2) is 42.5 Å². The first-order valence-electron chi connectivity index (χ1n) is 6.24. The summed E-state index contributed by atoms with van der Waals surface area (Å²) in [7, 11) is 0. The van der Waals surface area contributed by atoms with Gasteiger partial charge in [-0.15, -0.1) is 0 Å². The van der Waals surface area contributed by atoms with Crippen molar-refractivity contribution >= 4 is 29.6 Å². The van der Waals surface area contributed by atoms with E-state index in [1.807, 2.05) is 42.5 Å². The molecule has 0 amide bonds. The molecule has 1 saturated heterocycles. The van der Waals surface area contributed by atoms with Gasteiger partial charge in [0.05, 0.1) is 13.2 Å². The SMILES string of the molecule is S=C(N/N=C/C=C/c1ccccc1)N1CCOCC1. The first-order valence-corrected chi connectivity index (χ1v) is 6.64. The molecule has 2 rings (SSSR count). The molecule has 1 aromatic carbocycles. The van der Waals surface area contributed by atoms with E-state index in [0.29, 0.717) is 5.11 Å². The monoisotopic (exact) mass is 275 g/mol. The third-order valence-electron chi connectivity index (χ3n) is 2.71. The van der Waals surface area contributed by atoms with Crippen molar-refractivity contribution in [2.45, 2.75) is 0 Å². The maximum Gasteiger partial charge on any atom is 0.189 e. The van der Waals surface area contributed by atoms with Gasteiger partial charge >= 0.3 is 0 Å². The molecular formula is C14H17N3OS. The Kier molecular flexibility index (Phi) is 5.52. The minimum atomic E-state index is 0.646. The predicted molar refractivity (Wildman–Crippen MR) is 82.1 cm³/mol. The van der Waals surface area contributed by atoms with Crippen LogP contribution >= 0.6 is 12.2 Å². The summed E-state index contributed by atoms with van der Waals surface area (Å²) in [5.74, 6) is 0. The van der Waals surface area contributed by atoms with Crippen LogP contribution in [0.4, 0.5) is 0 Å². The highest BCUT2D eigenvalue weighted by Crippen LogP contribution is 2.00. The Morgan fingerprint density at radius 3 is 2.74 bits per heavy atom. The largest absolute Gasteiger partial charge is 0.378 e. The lowest BCUT2D eigenvalue weighted by Gasteiger charge is -2.28. The zero-order valence-electron chi connectivity index (χ0n) is 10.7. The molecule has 1 fully saturated rings. The van der Waals surface area contributed by atoms with Gasteiger partial charge in [0.15, 0.2) is 5.11 Å². The van der Waals surface area contributed by atoms with Gasteiger partial charge < -0.3 is 9.64 Å². The van der Waals surface area contributed by atoms with Crippen LogP contribution in [0.3, 0.4) is 0 Å². The highest BCUT2D eigenvalue weighted by atomic mass is 32.1. The predicted octanol–water partition coefficient (Wildman–Crippen LogP) is 1.89. The summed E-state index contributed by atoms with van der Waals surface area (Å²) in [5, 5.41) is 4.72. The number of hydrazone groups is 1. The van der Waals surface area contributed by atoms with Gasteiger partial charge in [0.2, 0.25) is 0 Å². The molecule has 5 heteroatoms. The molecule has 0 radical (unpaired) electrons. The number of benzene rings is 1. The summed E-state index contributed by atoms with van der Waals surface area (Å²) in [6.45, 7) is 3.08. The van der Waals surface area contributed by atoms with Crippen molar-refractivity contribution < 1.29 is 4.74 Å². The topological polar surface area (TPSA) is 36.9 Å². The third-order valence-corrected chi connectivity index (χ3v) is 3.06. The lowest BCUT2D eigenvalue weighted by atomic mass is 10.2. The van der Waals surface area contributed by atoms with Crippen molar-refractivity contribution in [2.75, 3.05) is 26.3 Å². The number of morpholine rings is 1. The van der Waals surface area contributed by atoms with E-state index >= 15 is 0 Å². The normalized spacial score (nSPS) is 16.1. The molecule has 0 aromatic heterocycles. The van der Waals surface area contributed by atoms with Gasteiger partial charge in [0, 0.05) is 19.3 Å². The Hall–Kier alpha value is -1.72. The molecule has 1 aliphatic rings. The number of ether oxygens (including phenoxy) is 1. The first-order chi connectivity index (χ1) is 9.36. The molecule has 0 bridgehead atoms. The number of thiocarbonyl (C=S) groups is 1. The second-order valence-corrected chi connectivity index (χ2v) is 4.45. The molecule has 1 aliphatic heterocycles. The molecule has 4 nitrogen and oxygen atoms in total. The number of hydrogen-bond acceptors (Lipinski definition) is 3. The Bertz CT molecular complexity index is 453. The minimum Gasteiger partial charge on any atom is -0.378 e. The van der Waals surface area contributed by atoms with Crippen LogP contribution in [0.25, 0.3) is 6.08 Å². The second kappa shape index (κ2) is 7.66. The molecule has 0 atom stereocenters. The molecule has 0 aliphatic carbocycles. The van der Waals surface area contributed by atoms with Crippen molar-refractivity contribution in [3.05, 3.63) is 42.0 Å². The zero-order valence-corrected chi connectivity index (χ0v) is 11.5. The number of hydrogen-bond donors (Lipinski definition) is 1. The van der Waals surface area contributed by atoms with E-state index in [1.165, 1.54) is 0 Å². The second-order valence-electron chi connectivity index (χ2n) is 4.06. The van der Waals surface area contributed by atoms with E-state index in [1.54, 1.807) is 6.21 Å². The van der Waals surface area contributed by atoms with Crippen molar-refractivity contribution in [3.8, 4) is 0 Å². The highest BCUT2D eigenvalue weighted by Gasteiger charge is 2.12. The fourth-order valence-corrected chi connectivity index (χ4v) is 1.93. The van der Waals surface area contributed by atoms with E-state index in [-0.39, 0.29) is 0 Å². The van der Waals surface area contributed by atoms with Crippen molar-refractivity contribution in [3.63, 3.8) is 0 Å². The van der Waals surface area contributed by atoms with Crippen LogP contribution in [0.2, 0.25) is 0 Å². The smallest absolute Gasteiger partial charge is 0.189 e. The van der Waals surface area contributed by atoms with Crippen molar-refractivity contribution in [1.82, 2.24) is 10.3 Å². The summed E-state index contributed by atoms with van der Waals surface area (Å²) in [6.07, 6.45) is 5.56. The van der Waals surface area contributed by atoms with Crippen LogP contribution < -0.4 is 5.43 Å². The Balaban J connectivity index is 1.74. The quantitative estimate of drug-likeness (QED) is 0.519. The molecule has 100 valence electrons. The first kappa shape index (κ1) is 13.7. The van der Waals surface area contributed by atoms with Gasteiger partial charge in [-0.1, -0.05) is 36.4 Å². The maximum atomic E-state index is 5.26. The molecule has 0 unspecified atom stereocenters. The number of nitrogens with one attached hydrogen (secondary N) is 1. The maximum absolute atomic E-state index is 5.26. The van der Waals surface area contributed by atoms with E-state index in [0.717, 1.165) is 31.9 Å². The molecule has 1 N–H and O–H groups in total. The summed E-state index contributed by atoms with van der Waals surface area (Å²) >= 11 is 5.24. The molecule has 1 aromatic rings.